The summed E-state index contributed by atoms with van der Waals surface area (Å²) in [4.78, 5) is 0. The van der Waals surface area contributed by atoms with Gasteiger partial charge in [0, 0.05) is 0 Å². The molecule has 0 spiro atoms. The van der Waals surface area contributed by atoms with Crippen molar-refractivity contribution in [1.82, 2.24) is 0 Å². The first kappa shape index (κ1) is 35.0. The predicted molar refractivity (Wildman–Crippen MR) is 171 cm³/mol. The molecule has 6 rings (SSSR count). The number of rotatable bonds is 3. The largest absolute Gasteiger partial charge is 1.00 e. The number of fused-ring (bicyclic) bond motifs is 2. The third-order valence-electron chi connectivity index (χ3n) is 6.72. The minimum Gasteiger partial charge on any atom is -1.00 e. The minimum atomic E-state index is 0. The third-order valence-corrected chi connectivity index (χ3v) is 6.72. The average Bonchev–Trinajstić information content (AvgIpc) is 3.52. The maximum Gasteiger partial charge on any atom is -0.0279 e. The maximum atomic E-state index is 2.34. The Morgan fingerprint density at radius 3 is 1.71 bits per heavy atom. The van der Waals surface area contributed by atoms with Gasteiger partial charge in [-0.25, -0.2) is 0 Å². The van der Waals surface area contributed by atoms with E-state index < -0.39 is 0 Å². The molecule has 0 nitrogen and oxygen atoms in total. The summed E-state index contributed by atoms with van der Waals surface area (Å²) in [6.45, 7) is 13.4. The second-order valence-corrected chi connectivity index (χ2v) is 20.2. The van der Waals surface area contributed by atoms with Crippen molar-refractivity contribution in [2.24, 2.45) is 0 Å². The normalized spacial score (nSPS) is 10.2. The van der Waals surface area contributed by atoms with Gasteiger partial charge in [0.25, 0.3) is 0 Å². The van der Waals surface area contributed by atoms with E-state index in [1.165, 1.54) is 60.5 Å². The van der Waals surface area contributed by atoms with Crippen LogP contribution >= 0.6 is 0 Å². The Labute approximate surface area is 274 Å². The molecule has 0 unspecified atom stereocenters. The molecule has 0 saturated heterocycles. The maximum absolute atomic E-state index is 2.34. The Morgan fingerprint density at radius 1 is 0.610 bits per heavy atom. The van der Waals surface area contributed by atoms with Gasteiger partial charge in [-0.15, -0.1) is 63.0 Å². The Morgan fingerprint density at radius 2 is 1.15 bits per heavy atom. The third kappa shape index (κ3) is 9.39. The summed E-state index contributed by atoms with van der Waals surface area (Å²) < 4.78 is 0. The summed E-state index contributed by atoms with van der Waals surface area (Å²) >= 11 is 1.74. The van der Waals surface area contributed by atoms with Crippen LogP contribution in [-0.4, -0.2) is 5.43 Å². The number of aryl methyl sites for hydroxylation is 2. The van der Waals surface area contributed by atoms with E-state index in [4.69, 9.17) is 0 Å². The van der Waals surface area contributed by atoms with Gasteiger partial charge in [0.1, 0.15) is 0 Å². The number of benzene rings is 4. The summed E-state index contributed by atoms with van der Waals surface area (Å²) in [6, 6.07) is 41.5. The van der Waals surface area contributed by atoms with E-state index in [0.29, 0.717) is 5.92 Å². The SMILES string of the molecule is CC(C)c1cc2c(-c3ccccc3)cccc2[cH-]1.C[Si](C)=[Zr+2].Cc1cc(-c2ccccc2)c2cc(C)[cH-]c2c1.[Cl-].[Cl-]. The molecule has 0 aromatic heterocycles. The summed E-state index contributed by atoms with van der Waals surface area (Å²) in [5, 5.41) is 5.42. The Balaban J connectivity index is 0.000000244. The van der Waals surface area contributed by atoms with Gasteiger partial charge < -0.3 is 24.8 Å². The zero-order chi connectivity index (χ0) is 27.9. The van der Waals surface area contributed by atoms with Gasteiger partial charge in [-0.1, -0.05) is 110 Å². The van der Waals surface area contributed by atoms with Crippen molar-refractivity contribution in [2.45, 2.75) is 46.7 Å². The molecule has 0 bridgehead atoms. The molecule has 0 fully saturated rings. The van der Waals surface area contributed by atoms with E-state index in [2.05, 4.69) is 156 Å². The number of halogens is 2. The van der Waals surface area contributed by atoms with E-state index in [9.17, 15) is 0 Å². The minimum absolute atomic E-state index is 0. The van der Waals surface area contributed by atoms with Crippen LogP contribution in [0.15, 0.2) is 115 Å². The molecule has 0 aliphatic carbocycles. The zero-order valence-corrected chi connectivity index (χ0v) is 29.8. The van der Waals surface area contributed by atoms with Crippen LogP contribution in [0.25, 0.3) is 43.8 Å². The fraction of sp³-hybridized carbons (Fsp3) is 0.189. The summed E-state index contributed by atoms with van der Waals surface area (Å²) in [5.41, 5.74) is 9.56. The molecule has 0 amide bonds. The standard InChI is InChI=1S/C18H17.C17H15.C2H6Si.2ClH.Zr/c1-13(2)16-11-15-9-6-10-17(18(15)12-16)14-7-4-3-5-8-14;1-12-8-15-9-13(2)11-17(15)16(10-12)14-6-4-3-5-7-14;1-3-2;;;/h3-13H,1-2H3;3-11H,1-2H3;1-2H3;2*1H;/q2*-1;;;;+2/p-2. The van der Waals surface area contributed by atoms with Crippen LogP contribution in [0, 0.1) is 13.8 Å². The predicted octanol–water partition coefficient (Wildman–Crippen LogP) is 4.98. The van der Waals surface area contributed by atoms with Gasteiger partial charge >= 0.3 is 41.9 Å². The van der Waals surface area contributed by atoms with Gasteiger partial charge in [-0.3, -0.25) is 0 Å². The van der Waals surface area contributed by atoms with Crippen LogP contribution in [-0.2, 0) is 23.3 Å². The van der Waals surface area contributed by atoms with E-state index in [-0.39, 0.29) is 30.2 Å². The Hall–Kier alpha value is -2.22. The van der Waals surface area contributed by atoms with E-state index in [0.717, 1.165) is 0 Å². The van der Waals surface area contributed by atoms with Crippen molar-refractivity contribution < 1.29 is 48.1 Å². The van der Waals surface area contributed by atoms with Crippen molar-refractivity contribution in [3.63, 3.8) is 0 Å². The molecule has 0 N–H and O–H groups in total. The fourth-order valence-electron chi connectivity index (χ4n) is 4.94. The van der Waals surface area contributed by atoms with Crippen molar-refractivity contribution in [3.8, 4) is 22.3 Å². The van der Waals surface area contributed by atoms with Crippen molar-refractivity contribution in [3.05, 3.63) is 132 Å². The Kier molecular flexibility index (Phi) is 14.0. The number of hydrogen-bond acceptors (Lipinski definition) is 0. The molecule has 0 radical (unpaired) electrons. The van der Waals surface area contributed by atoms with Crippen molar-refractivity contribution in [2.75, 3.05) is 0 Å². The van der Waals surface area contributed by atoms with Crippen LogP contribution in [0.2, 0.25) is 13.1 Å². The topological polar surface area (TPSA) is 0 Å². The molecule has 0 saturated carbocycles. The average molecular weight is 673 g/mol. The fourth-order valence-corrected chi connectivity index (χ4v) is 4.94. The van der Waals surface area contributed by atoms with Crippen molar-refractivity contribution in [1.29, 1.82) is 0 Å². The van der Waals surface area contributed by atoms with Gasteiger partial charge in [0.15, 0.2) is 0 Å². The molecule has 210 valence electrons. The van der Waals surface area contributed by atoms with Crippen molar-refractivity contribution >= 4 is 27.0 Å². The van der Waals surface area contributed by atoms with Gasteiger partial charge in [0.2, 0.25) is 0 Å². The monoisotopic (exact) mass is 670 g/mol. The molecular formula is C37H38Cl2SiZr-2. The zero-order valence-electron chi connectivity index (χ0n) is 24.8. The molecule has 0 aliphatic heterocycles. The van der Waals surface area contributed by atoms with Crippen LogP contribution in [0.1, 0.15) is 36.5 Å². The van der Waals surface area contributed by atoms with E-state index >= 15 is 0 Å². The van der Waals surface area contributed by atoms with Crippen LogP contribution in [0.5, 0.6) is 0 Å². The summed E-state index contributed by atoms with van der Waals surface area (Å²) in [5.74, 6) is 0.584. The smallest absolute Gasteiger partial charge is 0.0279 e. The molecule has 4 heteroatoms. The van der Waals surface area contributed by atoms with Gasteiger partial charge in [0.05, 0.1) is 0 Å². The van der Waals surface area contributed by atoms with E-state index in [1.54, 1.807) is 23.3 Å². The first-order chi connectivity index (χ1) is 18.7. The molecule has 0 heterocycles. The molecule has 6 aromatic rings. The van der Waals surface area contributed by atoms with Gasteiger partial charge in [-0.05, 0) is 24.0 Å². The second-order valence-electron chi connectivity index (χ2n) is 10.8. The van der Waals surface area contributed by atoms with Crippen LogP contribution < -0.4 is 24.8 Å². The van der Waals surface area contributed by atoms with Crippen LogP contribution in [0.4, 0.5) is 0 Å². The van der Waals surface area contributed by atoms with Gasteiger partial charge in [-0.2, -0.15) is 12.1 Å². The first-order valence-electron chi connectivity index (χ1n) is 13.7. The first-order valence-corrected chi connectivity index (χ1v) is 19.9. The molecule has 0 atom stereocenters. The molecule has 6 aromatic carbocycles. The summed E-state index contributed by atoms with van der Waals surface area (Å²) in [6.07, 6.45) is 0. The van der Waals surface area contributed by atoms with E-state index in [1.807, 2.05) is 0 Å². The quantitative estimate of drug-likeness (QED) is 0.184. The molecule has 0 aliphatic rings. The second kappa shape index (κ2) is 16.4. The molecule has 41 heavy (non-hydrogen) atoms. The number of hydrogen-bond donors (Lipinski definition) is 0. The summed E-state index contributed by atoms with van der Waals surface area (Å²) in [7, 11) is 0. The van der Waals surface area contributed by atoms with Crippen LogP contribution in [0.3, 0.4) is 0 Å². The molecular weight excluding hydrogens is 635 g/mol. The Bertz CT molecular complexity index is 1670.